The predicted molar refractivity (Wildman–Crippen MR) is 69.0 cm³/mol. The number of esters is 1. The number of hydrogen-bond acceptors (Lipinski definition) is 5. The van der Waals surface area contributed by atoms with Gasteiger partial charge in [0.25, 0.3) is 0 Å². The van der Waals surface area contributed by atoms with Gasteiger partial charge in [0.1, 0.15) is 6.04 Å². The lowest BCUT2D eigenvalue weighted by atomic mass is 9.91. The molecular formula is C13H22N2O3. The smallest absolute Gasteiger partial charge is 0.323 e. The Bertz CT molecular complexity index is 350. The zero-order valence-corrected chi connectivity index (χ0v) is 11.5. The van der Waals surface area contributed by atoms with Crippen LogP contribution < -0.4 is 5.32 Å². The molecular weight excluding hydrogens is 232 g/mol. The lowest BCUT2D eigenvalue weighted by Crippen LogP contribution is -2.51. The van der Waals surface area contributed by atoms with Crippen LogP contribution in [0.25, 0.3) is 0 Å². The molecule has 2 atom stereocenters. The topological polar surface area (TPSA) is 58.6 Å². The lowest BCUT2D eigenvalue weighted by Gasteiger charge is -2.31. The van der Waals surface area contributed by atoms with Crippen LogP contribution in [0.1, 0.15) is 26.7 Å². The van der Waals surface area contributed by atoms with E-state index in [1.54, 1.807) is 6.92 Å². The highest BCUT2D eigenvalue weighted by atomic mass is 16.5. The Labute approximate surface area is 108 Å². The fourth-order valence-corrected chi connectivity index (χ4v) is 2.06. The molecule has 18 heavy (non-hydrogen) atoms. The summed E-state index contributed by atoms with van der Waals surface area (Å²) in [5.41, 5.74) is 0.739. The summed E-state index contributed by atoms with van der Waals surface area (Å²) in [6.07, 6.45) is 2.77. The molecule has 1 rings (SSSR count). The second kappa shape index (κ2) is 6.54. The van der Waals surface area contributed by atoms with Gasteiger partial charge in [-0.2, -0.15) is 0 Å². The van der Waals surface area contributed by atoms with E-state index in [9.17, 15) is 9.59 Å². The van der Waals surface area contributed by atoms with Gasteiger partial charge in [-0.3, -0.25) is 14.9 Å². The number of hydrogen-bond donors (Lipinski definition) is 1. The summed E-state index contributed by atoms with van der Waals surface area (Å²) in [5.74, 6) is -0.319. The van der Waals surface area contributed by atoms with Crippen LogP contribution in [0.15, 0.2) is 11.8 Å². The van der Waals surface area contributed by atoms with Crippen LogP contribution in [0.5, 0.6) is 0 Å². The molecule has 2 unspecified atom stereocenters. The second-order valence-corrected chi connectivity index (χ2v) is 4.61. The number of nitrogens with zero attached hydrogens (tertiary/aromatic N) is 1. The number of Topliss-reactive ketones (excluding diaryl/α,β-unsaturated/α-hetero) is 1. The first kappa shape index (κ1) is 14.7. The maximum Gasteiger partial charge on any atom is 0.323 e. The quantitative estimate of drug-likeness (QED) is 0.591. The van der Waals surface area contributed by atoms with Gasteiger partial charge in [0, 0.05) is 38.3 Å². The van der Waals surface area contributed by atoms with Crippen molar-refractivity contribution in [3.05, 3.63) is 11.8 Å². The molecule has 0 aromatic heterocycles. The minimum absolute atomic E-state index is 0.0207. The molecule has 0 spiro atoms. The van der Waals surface area contributed by atoms with Gasteiger partial charge in [0.2, 0.25) is 0 Å². The molecule has 0 aromatic carbocycles. The number of carbonyl (C=O) groups is 2. The number of ether oxygens (including phenoxy) is 1. The SMILES string of the molecule is CCOC(=O)C1CC(=O)/C(=C\N(C)C)C(CC)N1. The number of carbonyl (C=O) groups excluding carboxylic acids is 2. The molecule has 5 heteroatoms. The minimum Gasteiger partial charge on any atom is -0.465 e. The summed E-state index contributed by atoms with van der Waals surface area (Å²) < 4.78 is 4.96. The van der Waals surface area contributed by atoms with E-state index < -0.39 is 6.04 Å². The van der Waals surface area contributed by atoms with Gasteiger partial charge in [-0.25, -0.2) is 0 Å². The molecule has 102 valence electrons. The Morgan fingerprint density at radius 1 is 1.50 bits per heavy atom. The van der Waals surface area contributed by atoms with Crippen molar-refractivity contribution in [3.8, 4) is 0 Å². The van der Waals surface area contributed by atoms with Gasteiger partial charge < -0.3 is 9.64 Å². The van der Waals surface area contributed by atoms with Crippen LogP contribution in [-0.4, -0.2) is 49.4 Å². The highest BCUT2D eigenvalue weighted by Gasteiger charge is 2.34. The Morgan fingerprint density at radius 3 is 2.67 bits per heavy atom. The summed E-state index contributed by atoms with van der Waals surface area (Å²) in [5, 5.41) is 3.18. The Kier molecular flexibility index (Phi) is 5.34. The van der Waals surface area contributed by atoms with E-state index in [0.29, 0.717) is 6.61 Å². The van der Waals surface area contributed by atoms with Crippen LogP contribution in [0.2, 0.25) is 0 Å². The van der Waals surface area contributed by atoms with Crippen molar-refractivity contribution in [1.29, 1.82) is 0 Å². The highest BCUT2D eigenvalue weighted by molar-refractivity contribution is 6.00. The van der Waals surface area contributed by atoms with Crippen molar-refractivity contribution >= 4 is 11.8 Å². The van der Waals surface area contributed by atoms with Crippen LogP contribution >= 0.6 is 0 Å². The first-order valence-electron chi connectivity index (χ1n) is 6.33. The molecule has 1 aliphatic rings. The van der Waals surface area contributed by atoms with E-state index in [-0.39, 0.29) is 24.2 Å². The highest BCUT2D eigenvalue weighted by Crippen LogP contribution is 2.19. The molecule has 0 aromatic rings. The van der Waals surface area contributed by atoms with Crippen LogP contribution in [0, 0.1) is 0 Å². The summed E-state index contributed by atoms with van der Waals surface area (Å²) in [6, 6.07) is -0.593. The molecule has 0 aliphatic carbocycles. The van der Waals surface area contributed by atoms with Crippen molar-refractivity contribution < 1.29 is 14.3 Å². The second-order valence-electron chi connectivity index (χ2n) is 4.61. The third kappa shape index (κ3) is 3.57. The summed E-state index contributed by atoms with van der Waals surface area (Å²) >= 11 is 0. The molecule has 5 nitrogen and oxygen atoms in total. The monoisotopic (exact) mass is 254 g/mol. The first-order chi connectivity index (χ1) is 8.49. The molecule has 0 radical (unpaired) electrons. The van der Waals surface area contributed by atoms with Gasteiger partial charge in [0.05, 0.1) is 6.61 Å². The van der Waals surface area contributed by atoms with Gasteiger partial charge >= 0.3 is 5.97 Å². The Balaban J connectivity index is 2.82. The van der Waals surface area contributed by atoms with E-state index in [1.807, 2.05) is 32.1 Å². The van der Waals surface area contributed by atoms with E-state index >= 15 is 0 Å². The number of rotatable bonds is 4. The predicted octanol–water partition coefficient (Wildman–Crippen LogP) is 0.705. The number of nitrogens with one attached hydrogen (secondary N) is 1. The van der Waals surface area contributed by atoms with E-state index in [1.165, 1.54) is 0 Å². The van der Waals surface area contributed by atoms with E-state index in [2.05, 4.69) is 5.32 Å². The molecule has 1 heterocycles. The van der Waals surface area contributed by atoms with Gasteiger partial charge in [0.15, 0.2) is 5.78 Å². The summed E-state index contributed by atoms with van der Waals surface area (Å²) in [6.45, 7) is 4.08. The molecule has 0 amide bonds. The van der Waals surface area contributed by atoms with Crippen molar-refractivity contribution in [2.75, 3.05) is 20.7 Å². The molecule has 1 saturated heterocycles. The Morgan fingerprint density at radius 2 is 2.17 bits per heavy atom. The first-order valence-corrected chi connectivity index (χ1v) is 6.33. The normalized spacial score (nSPS) is 26.2. The van der Waals surface area contributed by atoms with E-state index in [0.717, 1.165) is 12.0 Å². The van der Waals surface area contributed by atoms with Gasteiger partial charge in [-0.05, 0) is 13.3 Å². The van der Waals surface area contributed by atoms with Gasteiger partial charge in [-0.1, -0.05) is 6.92 Å². The van der Waals surface area contributed by atoms with Crippen LogP contribution in [0.4, 0.5) is 0 Å². The number of piperidine rings is 1. The van der Waals surface area contributed by atoms with E-state index in [4.69, 9.17) is 4.74 Å². The minimum atomic E-state index is -0.512. The lowest BCUT2D eigenvalue weighted by molar-refractivity contribution is -0.147. The standard InChI is InChI=1S/C13H22N2O3/c1-5-10-9(8-15(3)4)12(16)7-11(14-10)13(17)18-6-2/h8,10-11,14H,5-7H2,1-4H3/b9-8-. The van der Waals surface area contributed by atoms with Crippen molar-refractivity contribution in [3.63, 3.8) is 0 Å². The largest absolute Gasteiger partial charge is 0.465 e. The average molecular weight is 254 g/mol. The molecule has 1 N–H and O–H groups in total. The van der Waals surface area contributed by atoms with Crippen molar-refractivity contribution in [1.82, 2.24) is 10.2 Å². The third-order valence-corrected chi connectivity index (χ3v) is 2.87. The van der Waals surface area contributed by atoms with Crippen LogP contribution in [0.3, 0.4) is 0 Å². The third-order valence-electron chi connectivity index (χ3n) is 2.87. The molecule has 1 aliphatic heterocycles. The molecule has 0 saturated carbocycles. The zero-order valence-electron chi connectivity index (χ0n) is 11.5. The maximum atomic E-state index is 12.1. The average Bonchev–Trinajstić information content (AvgIpc) is 2.31. The zero-order chi connectivity index (χ0) is 13.7. The summed E-state index contributed by atoms with van der Waals surface area (Å²) in [4.78, 5) is 25.6. The number of ketones is 1. The fourth-order valence-electron chi connectivity index (χ4n) is 2.06. The van der Waals surface area contributed by atoms with Crippen molar-refractivity contribution in [2.24, 2.45) is 0 Å². The Hall–Kier alpha value is -1.36. The van der Waals surface area contributed by atoms with Crippen LogP contribution in [-0.2, 0) is 14.3 Å². The molecule has 0 bridgehead atoms. The van der Waals surface area contributed by atoms with Crippen molar-refractivity contribution in [2.45, 2.75) is 38.8 Å². The summed E-state index contributed by atoms with van der Waals surface area (Å²) in [7, 11) is 3.76. The molecule has 1 fully saturated rings. The fraction of sp³-hybridized carbons (Fsp3) is 0.692. The maximum absolute atomic E-state index is 12.1. The van der Waals surface area contributed by atoms with Gasteiger partial charge in [-0.15, -0.1) is 0 Å².